The Bertz CT molecular complexity index is 594. The molecule has 0 radical (unpaired) electrons. The van der Waals surface area contributed by atoms with Gasteiger partial charge in [0, 0.05) is 11.8 Å². The number of halogens is 3. The van der Waals surface area contributed by atoms with E-state index in [-0.39, 0.29) is 11.8 Å². The molecule has 20 heavy (non-hydrogen) atoms. The predicted molar refractivity (Wildman–Crippen MR) is 69.5 cm³/mol. The third-order valence-electron chi connectivity index (χ3n) is 2.90. The summed E-state index contributed by atoms with van der Waals surface area (Å²) in [7, 11) is 0. The molecule has 0 fully saturated rings. The molecular formula is C15H16F3NO. The molecule has 0 aliphatic carbocycles. The van der Waals surface area contributed by atoms with Crippen molar-refractivity contribution < 1.29 is 17.6 Å². The third kappa shape index (κ3) is 3.40. The molecule has 0 saturated heterocycles. The van der Waals surface area contributed by atoms with Crippen molar-refractivity contribution in [3.8, 4) is 0 Å². The average Bonchev–Trinajstić information content (AvgIpc) is 2.76. The highest BCUT2D eigenvalue weighted by atomic mass is 19.4. The zero-order chi connectivity index (χ0) is 15.0. The Morgan fingerprint density at radius 2 is 1.85 bits per heavy atom. The van der Waals surface area contributed by atoms with E-state index in [1.807, 2.05) is 20.8 Å². The van der Waals surface area contributed by atoms with E-state index in [2.05, 4.69) is 4.98 Å². The number of rotatable bonds is 2. The largest absolute Gasteiger partial charge is 0.445 e. The summed E-state index contributed by atoms with van der Waals surface area (Å²) in [5, 5.41) is 0. The Morgan fingerprint density at radius 1 is 1.15 bits per heavy atom. The summed E-state index contributed by atoms with van der Waals surface area (Å²) in [6.07, 6.45) is -2.45. The lowest BCUT2D eigenvalue weighted by atomic mass is 9.94. The lowest BCUT2D eigenvalue weighted by molar-refractivity contribution is -0.137. The highest BCUT2D eigenvalue weighted by molar-refractivity contribution is 5.27. The van der Waals surface area contributed by atoms with E-state index < -0.39 is 11.7 Å². The second kappa shape index (κ2) is 4.96. The van der Waals surface area contributed by atoms with Crippen molar-refractivity contribution in [1.82, 2.24) is 4.98 Å². The molecule has 0 saturated carbocycles. The van der Waals surface area contributed by atoms with Crippen LogP contribution >= 0.6 is 0 Å². The molecule has 0 aliphatic heterocycles. The molecule has 2 nitrogen and oxygen atoms in total. The zero-order valence-corrected chi connectivity index (χ0v) is 11.6. The maximum atomic E-state index is 12.6. The van der Waals surface area contributed by atoms with Gasteiger partial charge in [-0.2, -0.15) is 13.2 Å². The van der Waals surface area contributed by atoms with E-state index in [1.54, 1.807) is 12.3 Å². The number of alkyl halides is 3. The van der Waals surface area contributed by atoms with Gasteiger partial charge in [-0.25, -0.2) is 4.98 Å². The van der Waals surface area contributed by atoms with Gasteiger partial charge < -0.3 is 4.42 Å². The van der Waals surface area contributed by atoms with Crippen LogP contribution in [0.5, 0.6) is 0 Å². The lowest BCUT2D eigenvalue weighted by Crippen LogP contribution is -2.09. The lowest BCUT2D eigenvalue weighted by Gasteiger charge is -2.13. The van der Waals surface area contributed by atoms with Gasteiger partial charge in [0.2, 0.25) is 0 Å². The normalized spacial score (nSPS) is 12.7. The molecular weight excluding hydrogens is 267 g/mol. The Hall–Kier alpha value is -1.78. The maximum absolute atomic E-state index is 12.6. The topological polar surface area (TPSA) is 26.0 Å². The van der Waals surface area contributed by atoms with Crippen LogP contribution in [0.1, 0.15) is 43.5 Å². The van der Waals surface area contributed by atoms with E-state index >= 15 is 0 Å². The van der Waals surface area contributed by atoms with Crippen LogP contribution in [0.25, 0.3) is 0 Å². The number of aromatic nitrogens is 1. The summed E-state index contributed by atoms with van der Waals surface area (Å²) in [5.74, 6) is 1.15. The van der Waals surface area contributed by atoms with Crippen LogP contribution in [-0.4, -0.2) is 4.98 Å². The standard InChI is InChI=1S/C15H16F3NO/c1-14(2,3)12-9-19-13(20-12)8-10-5-4-6-11(7-10)15(16,17)18/h4-7,9H,8H2,1-3H3. The fraction of sp³-hybridized carbons (Fsp3) is 0.400. The summed E-state index contributed by atoms with van der Waals surface area (Å²) in [4.78, 5) is 4.12. The van der Waals surface area contributed by atoms with Crippen LogP contribution in [0.15, 0.2) is 34.9 Å². The van der Waals surface area contributed by atoms with Crippen molar-refractivity contribution in [2.45, 2.75) is 38.8 Å². The molecule has 2 rings (SSSR count). The molecule has 5 heteroatoms. The zero-order valence-electron chi connectivity index (χ0n) is 11.6. The van der Waals surface area contributed by atoms with E-state index in [1.165, 1.54) is 6.07 Å². The molecule has 0 N–H and O–H groups in total. The molecule has 0 amide bonds. The Morgan fingerprint density at radius 3 is 2.40 bits per heavy atom. The first kappa shape index (κ1) is 14.6. The van der Waals surface area contributed by atoms with Crippen molar-refractivity contribution in [3.05, 3.63) is 53.2 Å². The molecule has 0 aliphatic rings. The number of oxazole rings is 1. The second-order valence-corrected chi connectivity index (χ2v) is 5.74. The highest BCUT2D eigenvalue weighted by Crippen LogP contribution is 2.30. The Kier molecular flexibility index (Phi) is 3.63. The maximum Gasteiger partial charge on any atom is 0.416 e. The fourth-order valence-corrected chi connectivity index (χ4v) is 1.77. The molecule has 108 valence electrons. The van der Waals surface area contributed by atoms with Crippen molar-refractivity contribution in [2.24, 2.45) is 0 Å². The van der Waals surface area contributed by atoms with Crippen LogP contribution in [0, 0.1) is 0 Å². The average molecular weight is 283 g/mol. The summed E-state index contributed by atoms with van der Waals surface area (Å²) >= 11 is 0. The van der Waals surface area contributed by atoms with Crippen LogP contribution in [0.3, 0.4) is 0 Å². The summed E-state index contributed by atoms with van der Waals surface area (Å²) in [6, 6.07) is 5.21. The third-order valence-corrected chi connectivity index (χ3v) is 2.90. The first-order valence-electron chi connectivity index (χ1n) is 6.27. The number of nitrogens with zero attached hydrogens (tertiary/aromatic N) is 1. The quantitative estimate of drug-likeness (QED) is 0.806. The van der Waals surface area contributed by atoms with Crippen LogP contribution < -0.4 is 0 Å². The van der Waals surface area contributed by atoms with Crippen molar-refractivity contribution in [2.75, 3.05) is 0 Å². The van der Waals surface area contributed by atoms with Gasteiger partial charge in [0.25, 0.3) is 0 Å². The van der Waals surface area contributed by atoms with Crippen LogP contribution in [0.4, 0.5) is 13.2 Å². The molecule has 1 heterocycles. The minimum atomic E-state index is -4.33. The summed E-state index contributed by atoms with van der Waals surface area (Å²) in [5.41, 5.74) is -0.293. The van der Waals surface area contributed by atoms with E-state index in [0.29, 0.717) is 11.5 Å². The summed E-state index contributed by atoms with van der Waals surface area (Å²) < 4.78 is 43.5. The molecule has 1 aromatic carbocycles. The smallest absolute Gasteiger partial charge is 0.416 e. The van der Waals surface area contributed by atoms with E-state index in [0.717, 1.165) is 17.9 Å². The van der Waals surface area contributed by atoms with Crippen LogP contribution in [0.2, 0.25) is 0 Å². The van der Waals surface area contributed by atoms with Gasteiger partial charge in [0.15, 0.2) is 5.89 Å². The fourth-order valence-electron chi connectivity index (χ4n) is 1.77. The molecule has 0 bridgehead atoms. The predicted octanol–water partition coefficient (Wildman–Crippen LogP) is 4.58. The number of benzene rings is 1. The SMILES string of the molecule is CC(C)(C)c1cnc(Cc2cccc(C(F)(F)F)c2)o1. The Balaban J connectivity index is 2.20. The van der Waals surface area contributed by atoms with Crippen LogP contribution in [-0.2, 0) is 18.0 Å². The van der Waals surface area contributed by atoms with Gasteiger partial charge in [0.05, 0.1) is 11.8 Å². The van der Waals surface area contributed by atoms with Gasteiger partial charge in [-0.3, -0.25) is 0 Å². The monoisotopic (exact) mass is 283 g/mol. The number of hydrogen-bond acceptors (Lipinski definition) is 2. The summed E-state index contributed by atoms with van der Waals surface area (Å²) in [6.45, 7) is 5.96. The Labute approximate surface area is 115 Å². The van der Waals surface area contributed by atoms with E-state index in [4.69, 9.17) is 4.42 Å². The minimum absolute atomic E-state index is 0.168. The number of hydrogen-bond donors (Lipinski definition) is 0. The molecule has 0 atom stereocenters. The van der Waals surface area contributed by atoms with Crippen molar-refractivity contribution in [1.29, 1.82) is 0 Å². The van der Waals surface area contributed by atoms with Gasteiger partial charge in [0.1, 0.15) is 5.76 Å². The minimum Gasteiger partial charge on any atom is -0.445 e. The van der Waals surface area contributed by atoms with Gasteiger partial charge in [-0.15, -0.1) is 0 Å². The molecule has 0 spiro atoms. The van der Waals surface area contributed by atoms with Crippen molar-refractivity contribution in [3.63, 3.8) is 0 Å². The first-order chi connectivity index (χ1) is 9.16. The second-order valence-electron chi connectivity index (χ2n) is 5.74. The molecule has 1 aromatic heterocycles. The van der Waals surface area contributed by atoms with Gasteiger partial charge in [-0.05, 0) is 11.6 Å². The molecule has 0 unspecified atom stereocenters. The molecule has 2 aromatic rings. The van der Waals surface area contributed by atoms with Crippen molar-refractivity contribution >= 4 is 0 Å². The first-order valence-corrected chi connectivity index (χ1v) is 6.27. The van der Waals surface area contributed by atoms with E-state index in [9.17, 15) is 13.2 Å². The van der Waals surface area contributed by atoms with Gasteiger partial charge >= 0.3 is 6.18 Å². The highest BCUT2D eigenvalue weighted by Gasteiger charge is 2.30. The van der Waals surface area contributed by atoms with Gasteiger partial charge in [-0.1, -0.05) is 39.0 Å².